The molecule has 0 bridgehead atoms. The molecule has 1 rings (SSSR count). The van der Waals surface area contributed by atoms with E-state index in [0.29, 0.717) is 13.0 Å². The maximum atomic E-state index is 12.0. The van der Waals surface area contributed by atoms with Gasteiger partial charge in [-0.05, 0) is 30.5 Å². The lowest BCUT2D eigenvalue weighted by molar-refractivity contribution is -0.145. The highest BCUT2D eigenvalue weighted by molar-refractivity contribution is 5.69. The molecule has 202 valence electrons. The Balaban J connectivity index is 1.80. The Kier molecular flexibility index (Phi) is 21.8. The Labute approximate surface area is 217 Å². The van der Waals surface area contributed by atoms with Gasteiger partial charge in [0.15, 0.2) is 0 Å². The summed E-state index contributed by atoms with van der Waals surface area (Å²) in [6.45, 7) is 5.46. The molecule has 0 aliphatic rings. The third-order valence-electron chi connectivity index (χ3n) is 6.78. The van der Waals surface area contributed by atoms with E-state index in [1.54, 1.807) is 0 Å². The average Bonchev–Trinajstić information content (AvgIpc) is 2.88. The van der Waals surface area contributed by atoms with Gasteiger partial charge in [0.1, 0.15) is 12.4 Å². The molecular formula is C32H56O3. The first-order chi connectivity index (χ1) is 17.3. The van der Waals surface area contributed by atoms with Crippen LogP contribution in [0.25, 0.3) is 0 Å². The van der Waals surface area contributed by atoms with Gasteiger partial charge in [-0.15, -0.1) is 0 Å². The molecule has 3 nitrogen and oxygen atoms in total. The summed E-state index contributed by atoms with van der Waals surface area (Å²) in [7, 11) is 0. The van der Waals surface area contributed by atoms with E-state index in [9.17, 15) is 4.79 Å². The summed E-state index contributed by atoms with van der Waals surface area (Å²) in [5.74, 6) is 0.791. The predicted octanol–water partition coefficient (Wildman–Crippen LogP) is 10.3. The molecule has 0 amide bonds. The highest BCUT2D eigenvalue weighted by Crippen LogP contribution is 2.16. The number of rotatable bonds is 25. The van der Waals surface area contributed by atoms with Gasteiger partial charge in [-0.2, -0.15) is 0 Å². The van der Waals surface area contributed by atoms with Crippen LogP contribution in [0.15, 0.2) is 24.3 Å². The summed E-state index contributed by atoms with van der Waals surface area (Å²) in [6.07, 6.45) is 27.5. The highest BCUT2D eigenvalue weighted by atomic mass is 16.5. The Morgan fingerprint density at radius 1 is 0.571 bits per heavy atom. The van der Waals surface area contributed by atoms with E-state index in [4.69, 9.17) is 9.47 Å². The largest absolute Gasteiger partial charge is 0.494 e. The Hall–Kier alpha value is -1.51. The van der Waals surface area contributed by atoms with E-state index in [2.05, 4.69) is 13.8 Å². The van der Waals surface area contributed by atoms with E-state index in [1.807, 2.05) is 24.3 Å². The molecule has 0 aliphatic heterocycles. The zero-order chi connectivity index (χ0) is 25.2. The average molecular weight is 489 g/mol. The minimum Gasteiger partial charge on any atom is -0.494 e. The molecule has 3 heteroatoms. The van der Waals surface area contributed by atoms with Gasteiger partial charge in [0.05, 0.1) is 6.61 Å². The molecule has 0 N–H and O–H groups in total. The second-order valence-electron chi connectivity index (χ2n) is 10.3. The van der Waals surface area contributed by atoms with Crippen LogP contribution < -0.4 is 4.74 Å². The summed E-state index contributed by atoms with van der Waals surface area (Å²) in [5, 5.41) is 0. The van der Waals surface area contributed by atoms with Gasteiger partial charge in [-0.3, -0.25) is 4.79 Å². The third-order valence-corrected chi connectivity index (χ3v) is 6.78. The molecule has 0 aromatic heterocycles. The van der Waals surface area contributed by atoms with Gasteiger partial charge < -0.3 is 9.47 Å². The molecule has 35 heavy (non-hydrogen) atoms. The Morgan fingerprint density at radius 2 is 1.00 bits per heavy atom. The maximum Gasteiger partial charge on any atom is 0.306 e. The zero-order valence-corrected chi connectivity index (χ0v) is 23.3. The molecule has 0 atom stereocenters. The van der Waals surface area contributed by atoms with Crippen molar-refractivity contribution < 1.29 is 14.3 Å². The van der Waals surface area contributed by atoms with Crippen LogP contribution in [0.1, 0.15) is 154 Å². The summed E-state index contributed by atoms with van der Waals surface area (Å²) in [6, 6.07) is 7.82. The van der Waals surface area contributed by atoms with E-state index in [1.165, 1.54) is 109 Å². The van der Waals surface area contributed by atoms with Gasteiger partial charge in [-0.1, -0.05) is 142 Å². The number of hydrogen-bond acceptors (Lipinski definition) is 3. The second kappa shape index (κ2) is 24.2. The van der Waals surface area contributed by atoms with Crippen LogP contribution in [-0.4, -0.2) is 12.6 Å². The van der Waals surface area contributed by atoms with Crippen molar-refractivity contribution in [3.05, 3.63) is 29.8 Å². The molecular weight excluding hydrogens is 432 g/mol. The van der Waals surface area contributed by atoms with Crippen LogP contribution in [0.2, 0.25) is 0 Å². The lowest BCUT2D eigenvalue weighted by Gasteiger charge is -2.07. The summed E-state index contributed by atoms with van der Waals surface area (Å²) < 4.78 is 11.0. The van der Waals surface area contributed by atoms with Crippen LogP contribution in [0.3, 0.4) is 0 Å². The normalized spacial score (nSPS) is 11.0. The summed E-state index contributed by atoms with van der Waals surface area (Å²) in [5.41, 5.74) is 1.01. The third kappa shape index (κ3) is 20.4. The maximum absolute atomic E-state index is 12.0. The van der Waals surface area contributed by atoms with Crippen LogP contribution in [-0.2, 0) is 16.1 Å². The zero-order valence-electron chi connectivity index (χ0n) is 23.3. The van der Waals surface area contributed by atoms with E-state index in [-0.39, 0.29) is 5.97 Å². The molecule has 0 saturated carbocycles. The Morgan fingerprint density at radius 3 is 1.43 bits per heavy atom. The van der Waals surface area contributed by atoms with E-state index >= 15 is 0 Å². The van der Waals surface area contributed by atoms with Crippen LogP contribution in [0.4, 0.5) is 0 Å². The standard InChI is InChI=1S/C32H56O3/c1-3-5-6-7-8-9-10-11-12-13-14-15-16-17-18-19-20-21-22-23-32(33)35-29-30-24-26-31(27-25-30)34-28-4-2/h24-27H,3-23,28-29H2,1-2H3. The first kappa shape index (κ1) is 31.5. The lowest BCUT2D eigenvalue weighted by Crippen LogP contribution is -2.04. The highest BCUT2D eigenvalue weighted by Gasteiger charge is 2.04. The first-order valence-corrected chi connectivity index (χ1v) is 15.1. The lowest BCUT2D eigenvalue weighted by atomic mass is 10.0. The fraction of sp³-hybridized carbons (Fsp3) is 0.781. The molecule has 1 aromatic carbocycles. The van der Waals surface area contributed by atoms with Crippen LogP contribution in [0, 0.1) is 0 Å². The van der Waals surface area contributed by atoms with E-state index in [0.717, 1.165) is 37.2 Å². The fourth-order valence-corrected chi connectivity index (χ4v) is 4.49. The molecule has 0 unspecified atom stereocenters. The monoisotopic (exact) mass is 488 g/mol. The number of benzene rings is 1. The number of carbonyl (C=O) groups excluding carboxylic acids is 1. The van der Waals surface area contributed by atoms with Crippen molar-refractivity contribution in [2.45, 2.75) is 155 Å². The van der Waals surface area contributed by atoms with Crippen molar-refractivity contribution in [3.63, 3.8) is 0 Å². The smallest absolute Gasteiger partial charge is 0.306 e. The molecule has 0 heterocycles. The fourth-order valence-electron chi connectivity index (χ4n) is 4.49. The van der Waals surface area contributed by atoms with Gasteiger partial charge in [0, 0.05) is 6.42 Å². The number of ether oxygens (including phenoxy) is 2. The minimum atomic E-state index is -0.0803. The number of hydrogen-bond donors (Lipinski definition) is 0. The van der Waals surface area contributed by atoms with Gasteiger partial charge in [-0.25, -0.2) is 0 Å². The van der Waals surface area contributed by atoms with Crippen molar-refractivity contribution >= 4 is 5.97 Å². The van der Waals surface area contributed by atoms with Crippen molar-refractivity contribution in [1.82, 2.24) is 0 Å². The van der Waals surface area contributed by atoms with Gasteiger partial charge in [0.2, 0.25) is 0 Å². The van der Waals surface area contributed by atoms with E-state index < -0.39 is 0 Å². The molecule has 0 spiro atoms. The molecule has 0 saturated heterocycles. The van der Waals surface area contributed by atoms with Crippen molar-refractivity contribution in [2.75, 3.05) is 6.61 Å². The SMILES string of the molecule is CCCCCCCCCCCCCCCCCCCCCC(=O)OCc1ccc(OCCC)cc1. The quantitative estimate of drug-likeness (QED) is 0.101. The summed E-state index contributed by atoms with van der Waals surface area (Å²) in [4.78, 5) is 12.0. The molecule has 0 fully saturated rings. The van der Waals surface area contributed by atoms with Gasteiger partial charge in [0.25, 0.3) is 0 Å². The first-order valence-electron chi connectivity index (χ1n) is 15.1. The minimum absolute atomic E-state index is 0.0803. The van der Waals surface area contributed by atoms with Crippen LogP contribution in [0.5, 0.6) is 5.75 Å². The Bertz CT molecular complexity index is 581. The van der Waals surface area contributed by atoms with Crippen LogP contribution >= 0.6 is 0 Å². The second-order valence-corrected chi connectivity index (χ2v) is 10.3. The number of esters is 1. The molecule has 0 aliphatic carbocycles. The topological polar surface area (TPSA) is 35.5 Å². The number of carbonyl (C=O) groups is 1. The predicted molar refractivity (Wildman–Crippen MR) is 150 cm³/mol. The van der Waals surface area contributed by atoms with Crippen molar-refractivity contribution in [1.29, 1.82) is 0 Å². The van der Waals surface area contributed by atoms with Crippen molar-refractivity contribution in [2.24, 2.45) is 0 Å². The molecule has 1 aromatic rings. The van der Waals surface area contributed by atoms with Gasteiger partial charge >= 0.3 is 5.97 Å². The molecule has 0 radical (unpaired) electrons. The van der Waals surface area contributed by atoms with Crippen molar-refractivity contribution in [3.8, 4) is 5.75 Å². The number of unbranched alkanes of at least 4 members (excludes halogenated alkanes) is 18. The summed E-state index contributed by atoms with van der Waals surface area (Å²) >= 11 is 0.